The maximum absolute atomic E-state index is 12.5. The fourth-order valence-electron chi connectivity index (χ4n) is 3.34. The van der Waals surface area contributed by atoms with Gasteiger partial charge in [-0.05, 0) is 42.3 Å². The van der Waals surface area contributed by atoms with Crippen LogP contribution in [0.5, 0.6) is 11.5 Å². The number of hydrogen-bond acceptors (Lipinski definition) is 4. The van der Waals surface area contributed by atoms with E-state index in [1.807, 2.05) is 36.4 Å². The van der Waals surface area contributed by atoms with Crippen LogP contribution in [0.3, 0.4) is 0 Å². The van der Waals surface area contributed by atoms with Crippen molar-refractivity contribution >= 4 is 17.5 Å². The number of para-hydroxylation sites is 2. The van der Waals surface area contributed by atoms with Crippen LogP contribution >= 0.6 is 0 Å². The summed E-state index contributed by atoms with van der Waals surface area (Å²) in [5.74, 6) is 1.29. The molecule has 2 aliphatic heterocycles. The lowest BCUT2D eigenvalue weighted by Crippen LogP contribution is -2.40. The van der Waals surface area contributed by atoms with Gasteiger partial charge in [-0.15, -0.1) is 0 Å². The van der Waals surface area contributed by atoms with Crippen LogP contribution in [0.4, 0.5) is 5.69 Å². The zero-order valence-electron chi connectivity index (χ0n) is 14.5. The summed E-state index contributed by atoms with van der Waals surface area (Å²) in [6.07, 6.45) is 0.545. The molecule has 6 nitrogen and oxygen atoms in total. The highest BCUT2D eigenvalue weighted by atomic mass is 16.6. The summed E-state index contributed by atoms with van der Waals surface area (Å²) in [7, 11) is 0. The summed E-state index contributed by atoms with van der Waals surface area (Å²) in [5, 5.41) is 2.90. The minimum absolute atomic E-state index is 0.0238. The van der Waals surface area contributed by atoms with Gasteiger partial charge < -0.3 is 19.7 Å². The number of benzene rings is 2. The zero-order chi connectivity index (χ0) is 18.1. The van der Waals surface area contributed by atoms with Crippen molar-refractivity contribution in [3.8, 4) is 11.5 Å². The summed E-state index contributed by atoms with van der Waals surface area (Å²) >= 11 is 0. The molecular formula is C20H20N2O4. The largest absolute Gasteiger partial charge is 0.486 e. The van der Waals surface area contributed by atoms with Gasteiger partial charge in [0.15, 0.2) is 11.5 Å². The molecule has 134 valence electrons. The van der Waals surface area contributed by atoms with E-state index in [-0.39, 0.29) is 17.9 Å². The molecule has 0 spiro atoms. The fourth-order valence-corrected chi connectivity index (χ4v) is 3.34. The Labute approximate surface area is 151 Å². The van der Waals surface area contributed by atoms with Gasteiger partial charge in [0.2, 0.25) is 5.91 Å². The second kappa shape index (κ2) is 6.71. The third kappa shape index (κ3) is 3.10. The predicted molar refractivity (Wildman–Crippen MR) is 96.9 cm³/mol. The van der Waals surface area contributed by atoms with Crippen molar-refractivity contribution in [2.24, 2.45) is 0 Å². The Morgan fingerprint density at radius 3 is 2.81 bits per heavy atom. The molecular weight excluding hydrogens is 332 g/mol. The highest BCUT2D eigenvalue weighted by Gasteiger charge is 2.24. The lowest BCUT2D eigenvalue weighted by molar-refractivity contribution is -0.116. The van der Waals surface area contributed by atoms with Crippen molar-refractivity contribution in [2.75, 3.05) is 24.6 Å². The molecule has 0 aromatic heterocycles. The van der Waals surface area contributed by atoms with Crippen LogP contribution in [-0.4, -0.2) is 37.6 Å². The van der Waals surface area contributed by atoms with Gasteiger partial charge in [-0.2, -0.15) is 0 Å². The van der Waals surface area contributed by atoms with Crippen LogP contribution in [0.1, 0.15) is 22.8 Å². The van der Waals surface area contributed by atoms with Gasteiger partial charge in [-0.3, -0.25) is 9.59 Å². The highest BCUT2D eigenvalue weighted by Crippen LogP contribution is 2.31. The van der Waals surface area contributed by atoms with Crippen molar-refractivity contribution in [2.45, 2.75) is 19.4 Å². The Bertz CT molecular complexity index is 865. The lowest BCUT2D eigenvalue weighted by Gasteiger charge is -2.26. The number of fused-ring (bicyclic) bond motifs is 2. The number of carbonyl (C=O) groups excluding carboxylic acids is 2. The minimum Gasteiger partial charge on any atom is -0.486 e. The van der Waals surface area contributed by atoms with Crippen LogP contribution in [0, 0.1) is 0 Å². The predicted octanol–water partition coefficient (Wildman–Crippen LogP) is 2.17. The number of nitrogens with zero attached hydrogens (tertiary/aromatic N) is 1. The number of ether oxygens (including phenoxy) is 2. The molecule has 0 fully saturated rings. The first-order chi connectivity index (χ1) is 12.6. The smallest absolute Gasteiger partial charge is 0.251 e. The molecule has 2 aromatic rings. The third-order valence-electron chi connectivity index (χ3n) is 4.68. The Kier molecular flexibility index (Phi) is 4.24. The maximum Gasteiger partial charge on any atom is 0.251 e. The summed E-state index contributed by atoms with van der Waals surface area (Å²) in [4.78, 5) is 25.8. The van der Waals surface area contributed by atoms with Crippen molar-refractivity contribution in [3.63, 3.8) is 0 Å². The third-order valence-corrected chi connectivity index (χ3v) is 4.68. The van der Waals surface area contributed by atoms with Gasteiger partial charge in [0.1, 0.15) is 12.7 Å². The normalized spacial score (nSPS) is 17.6. The van der Waals surface area contributed by atoms with Crippen molar-refractivity contribution in [3.05, 3.63) is 53.6 Å². The second-order valence-corrected chi connectivity index (χ2v) is 6.47. The van der Waals surface area contributed by atoms with Gasteiger partial charge in [0, 0.05) is 24.7 Å². The minimum atomic E-state index is -0.225. The van der Waals surface area contributed by atoms with Crippen LogP contribution in [0.15, 0.2) is 42.5 Å². The summed E-state index contributed by atoms with van der Waals surface area (Å²) in [6.45, 7) is 2.99. The summed E-state index contributed by atoms with van der Waals surface area (Å²) < 4.78 is 11.5. The summed E-state index contributed by atoms with van der Waals surface area (Å²) in [6, 6.07) is 13.0. The Hall–Kier alpha value is -3.02. The molecule has 0 bridgehead atoms. The Balaban J connectivity index is 1.38. The first kappa shape index (κ1) is 16.4. The quantitative estimate of drug-likeness (QED) is 0.919. The number of nitrogens with one attached hydrogen (secondary N) is 1. The van der Waals surface area contributed by atoms with Gasteiger partial charge >= 0.3 is 0 Å². The van der Waals surface area contributed by atoms with E-state index >= 15 is 0 Å². The van der Waals surface area contributed by atoms with Gasteiger partial charge in [0.25, 0.3) is 5.91 Å². The molecule has 0 saturated carbocycles. The number of rotatable bonds is 3. The molecule has 26 heavy (non-hydrogen) atoms. The van der Waals surface area contributed by atoms with Crippen LogP contribution in [0.2, 0.25) is 0 Å². The van der Waals surface area contributed by atoms with Crippen LogP contribution in [-0.2, 0) is 11.2 Å². The van der Waals surface area contributed by atoms with Crippen molar-refractivity contribution < 1.29 is 19.1 Å². The topological polar surface area (TPSA) is 67.9 Å². The zero-order valence-corrected chi connectivity index (χ0v) is 14.5. The van der Waals surface area contributed by atoms with Gasteiger partial charge in [0.05, 0.1) is 6.54 Å². The lowest BCUT2D eigenvalue weighted by atomic mass is 10.1. The molecule has 6 heteroatoms. The van der Waals surface area contributed by atoms with Gasteiger partial charge in [-0.1, -0.05) is 12.1 Å². The molecule has 0 aliphatic carbocycles. The molecule has 0 saturated heterocycles. The number of anilines is 1. The van der Waals surface area contributed by atoms with E-state index in [4.69, 9.17) is 9.47 Å². The van der Waals surface area contributed by atoms with E-state index < -0.39 is 0 Å². The maximum atomic E-state index is 12.5. The van der Waals surface area contributed by atoms with Crippen molar-refractivity contribution in [1.29, 1.82) is 0 Å². The Morgan fingerprint density at radius 1 is 1.19 bits per heavy atom. The second-order valence-electron chi connectivity index (χ2n) is 6.47. The average Bonchev–Trinajstić information content (AvgIpc) is 3.09. The average molecular weight is 352 g/mol. The van der Waals surface area contributed by atoms with E-state index in [1.54, 1.807) is 17.9 Å². The molecule has 2 heterocycles. The van der Waals surface area contributed by atoms with Gasteiger partial charge in [-0.25, -0.2) is 0 Å². The summed E-state index contributed by atoms with van der Waals surface area (Å²) in [5.41, 5.74) is 2.51. The fraction of sp³-hybridized carbons (Fsp3) is 0.300. The SMILES string of the molecule is CC(=O)N1CCc2cc(C(=O)NCC3COc4ccccc4O3)ccc21. The first-order valence-corrected chi connectivity index (χ1v) is 8.69. The monoisotopic (exact) mass is 352 g/mol. The number of hydrogen-bond donors (Lipinski definition) is 1. The van der Waals surface area contributed by atoms with Crippen LogP contribution in [0.25, 0.3) is 0 Å². The van der Waals surface area contributed by atoms with E-state index in [1.165, 1.54) is 0 Å². The molecule has 2 amide bonds. The van der Waals surface area contributed by atoms with E-state index in [0.29, 0.717) is 31.0 Å². The molecule has 1 atom stereocenters. The van der Waals surface area contributed by atoms with E-state index in [9.17, 15) is 9.59 Å². The molecule has 0 radical (unpaired) electrons. The first-order valence-electron chi connectivity index (χ1n) is 8.69. The molecule has 1 unspecified atom stereocenters. The molecule has 2 aromatic carbocycles. The van der Waals surface area contributed by atoms with E-state index in [0.717, 1.165) is 23.4 Å². The van der Waals surface area contributed by atoms with Crippen LogP contribution < -0.4 is 19.7 Å². The van der Waals surface area contributed by atoms with Crippen molar-refractivity contribution in [1.82, 2.24) is 5.32 Å². The molecule has 2 aliphatic rings. The standard InChI is InChI=1S/C20H20N2O4/c1-13(23)22-9-8-14-10-15(6-7-17(14)22)20(24)21-11-16-12-25-18-4-2-3-5-19(18)26-16/h2-7,10,16H,8-9,11-12H2,1H3,(H,21,24). The highest BCUT2D eigenvalue weighted by molar-refractivity contribution is 5.97. The number of carbonyl (C=O) groups is 2. The molecule has 1 N–H and O–H groups in total. The number of amides is 2. The van der Waals surface area contributed by atoms with E-state index in [2.05, 4.69) is 5.32 Å². The Morgan fingerprint density at radius 2 is 2.00 bits per heavy atom. The molecule has 4 rings (SSSR count).